The number of aromatic nitrogens is 1. The second-order valence-electron chi connectivity index (χ2n) is 5.11. The average molecular weight is 287 g/mol. The molecule has 1 aromatic heterocycles. The van der Waals surface area contributed by atoms with Gasteiger partial charge in [0, 0.05) is 22.7 Å². The van der Waals surface area contributed by atoms with Crippen molar-refractivity contribution in [1.29, 1.82) is 0 Å². The molecule has 0 aliphatic heterocycles. The van der Waals surface area contributed by atoms with E-state index in [9.17, 15) is 4.79 Å². The highest BCUT2D eigenvalue weighted by molar-refractivity contribution is 7.07. The van der Waals surface area contributed by atoms with Gasteiger partial charge in [-0.15, -0.1) is 11.3 Å². The summed E-state index contributed by atoms with van der Waals surface area (Å²) in [6.45, 7) is 2.06. The molecule has 2 N–H and O–H groups in total. The van der Waals surface area contributed by atoms with Gasteiger partial charge in [-0.25, -0.2) is 4.98 Å². The number of anilines is 1. The van der Waals surface area contributed by atoms with Gasteiger partial charge in [-0.2, -0.15) is 0 Å². The number of amides is 1. The number of hydrogen-bond acceptors (Lipinski definition) is 4. The fourth-order valence-corrected chi connectivity index (χ4v) is 2.65. The summed E-state index contributed by atoms with van der Waals surface area (Å²) in [5, 5.41) is 8.40. The molecule has 1 amide bonds. The summed E-state index contributed by atoms with van der Waals surface area (Å²) in [6.07, 6.45) is 2.20. The molecule has 5 heteroatoms. The maximum Gasteiger partial charge on any atom is 0.251 e. The first kappa shape index (κ1) is 13.1. The Morgan fingerprint density at radius 2 is 2.30 bits per heavy atom. The van der Waals surface area contributed by atoms with Crippen LogP contribution in [0.1, 0.15) is 41.9 Å². The van der Waals surface area contributed by atoms with Crippen molar-refractivity contribution in [1.82, 2.24) is 10.3 Å². The Hall–Kier alpha value is -1.88. The molecular formula is C15H17N3OS. The van der Waals surface area contributed by atoms with Gasteiger partial charge >= 0.3 is 0 Å². The van der Waals surface area contributed by atoms with Crippen molar-refractivity contribution in [3.05, 3.63) is 46.4 Å². The lowest BCUT2D eigenvalue weighted by atomic mass is 10.1. The van der Waals surface area contributed by atoms with E-state index in [0.717, 1.165) is 24.2 Å². The summed E-state index contributed by atoms with van der Waals surface area (Å²) >= 11 is 1.59. The highest BCUT2D eigenvalue weighted by Gasteiger charge is 2.23. The number of nitrogens with zero attached hydrogens (tertiary/aromatic N) is 1. The van der Waals surface area contributed by atoms with E-state index in [0.29, 0.717) is 11.6 Å². The van der Waals surface area contributed by atoms with Crippen LogP contribution in [-0.4, -0.2) is 16.9 Å². The zero-order valence-electron chi connectivity index (χ0n) is 11.3. The number of rotatable bonds is 5. The van der Waals surface area contributed by atoms with Crippen molar-refractivity contribution in [2.75, 3.05) is 5.32 Å². The summed E-state index contributed by atoms with van der Waals surface area (Å²) in [6, 6.07) is 8.11. The van der Waals surface area contributed by atoms with Gasteiger partial charge in [0.25, 0.3) is 5.91 Å². The third-order valence-corrected chi connectivity index (χ3v) is 3.92. The van der Waals surface area contributed by atoms with E-state index in [4.69, 9.17) is 0 Å². The van der Waals surface area contributed by atoms with Crippen LogP contribution in [0.2, 0.25) is 0 Å². The maximum atomic E-state index is 12.0. The molecule has 0 bridgehead atoms. The van der Waals surface area contributed by atoms with Crippen LogP contribution in [-0.2, 0) is 0 Å². The van der Waals surface area contributed by atoms with Crippen LogP contribution in [0.4, 0.5) is 5.69 Å². The van der Waals surface area contributed by atoms with Crippen LogP contribution < -0.4 is 10.6 Å². The van der Waals surface area contributed by atoms with Crippen molar-refractivity contribution in [3.8, 4) is 0 Å². The molecule has 20 heavy (non-hydrogen) atoms. The molecule has 2 aromatic rings. The Kier molecular flexibility index (Phi) is 3.69. The summed E-state index contributed by atoms with van der Waals surface area (Å²) in [4.78, 5) is 16.3. The summed E-state index contributed by atoms with van der Waals surface area (Å²) in [7, 11) is 0. The molecule has 0 saturated heterocycles. The van der Waals surface area contributed by atoms with Crippen molar-refractivity contribution < 1.29 is 4.79 Å². The molecule has 1 atom stereocenters. The van der Waals surface area contributed by atoms with Crippen molar-refractivity contribution in [2.24, 2.45) is 0 Å². The Bertz CT molecular complexity index is 593. The highest BCUT2D eigenvalue weighted by Crippen LogP contribution is 2.22. The topological polar surface area (TPSA) is 54.0 Å². The van der Waals surface area contributed by atoms with Crippen molar-refractivity contribution in [3.63, 3.8) is 0 Å². The molecule has 4 nitrogen and oxygen atoms in total. The number of carbonyl (C=O) groups is 1. The fourth-order valence-electron chi connectivity index (χ4n) is 2.01. The predicted octanol–water partition coefficient (Wildman–Crippen LogP) is 3.21. The van der Waals surface area contributed by atoms with Crippen molar-refractivity contribution in [2.45, 2.75) is 31.8 Å². The molecule has 0 spiro atoms. The van der Waals surface area contributed by atoms with Gasteiger partial charge in [0.1, 0.15) is 0 Å². The van der Waals surface area contributed by atoms with E-state index >= 15 is 0 Å². The lowest BCUT2D eigenvalue weighted by molar-refractivity contribution is 0.0951. The molecule has 1 unspecified atom stereocenters. The van der Waals surface area contributed by atoms with Gasteiger partial charge in [0.05, 0.1) is 17.2 Å². The number of thiazole rings is 1. The minimum Gasteiger partial charge on any atom is -0.377 e. The first-order valence-corrected chi connectivity index (χ1v) is 7.72. The standard InChI is InChI=1S/C15H17N3OS/c1-10(14-8-20-9-16-14)17-13-4-2-3-11(7-13)15(19)18-12-5-6-12/h2-4,7-10,12,17H,5-6H2,1H3,(H,18,19). The van der Waals surface area contributed by atoms with Crippen LogP contribution in [0.3, 0.4) is 0 Å². The average Bonchev–Trinajstić information content (AvgIpc) is 3.08. The zero-order valence-corrected chi connectivity index (χ0v) is 12.1. The molecule has 1 saturated carbocycles. The van der Waals surface area contributed by atoms with Crippen LogP contribution in [0.15, 0.2) is 35.2 Å². The van der Waals surface area contributed by atoms with Crippen LogP contribution in [0, 0.1) is 0 Å². The van der Waals surface area contributed by atoms with E-state index in [-0.39, 0.29) is 11.9 Å². The van der Waals surface area contributed by atoms with E-state index in [1.165, 1.54) is 0 Å². The number of hydrogen-bond donors (Lipinski definition) is 2. The quantitative estimate of drug-likeness (QED) is 0.888. The summed E-state index contributed by atoms with van der Waals surface area (Å²) < 4.78 is 0. The van der Waals surface area contributed by atoms with Crippen LogP contribution in [0.5, 0.6) is 0 Å². The largest absolute Gasteiger partial charge is 0.377 e. The lowest BCUT2D eigenvalue weighted by Crippen LogP contribution is -2.25. The van der Waals surface area contributed by atoms with Gasteiger partial charge in [0.2, 0.25) is 0 Å². The summed E-state index contributed by atoms with van der Waals surface area (Å²) in [5.41, 5.74) is 4.48. The van der Waals surface area contributed by atoms with Crippen molar-refractivity contribution >= 4 is 22.9 Å². The number of nitrogens with one attached hydrogen (secondary N) is 2. The third-order valence-electron chi connectivity index (χ3n) is 3.32. The molecule has 1 aliphatic carbocycles. The molecule has 104 valence electrons. The predicted molar refractivity (Wildman–Crippen MR) is 81.1 cm³/mol. The van der Waals surface area contributed by atoms with E-state index in [1.807, 2.05) is 35.2 Å². The molecule has 1 aromatic carbocycles. The second-order valence-corrected chi connectivity index (χ2v) is 5.83. The first-order chi connectivity index (χ1) is 9.72. The number of benzene rings is 1. The first-order valence-electron chi connectivity index (χ1n) is 6.78. The van der Waals surface area contributed by atoms with Gasteiger partial charge in [0.15, 0.2) is 0 Å². The van der Waals surface area contributed by atoms with Gasteiger partial charge < -0.3 is 10.6 Å². The maximum absolute atomic E-state index is 12.0. The highest BCUT2D eigenvalue weighted by atomic mass is 32.1. The number of carbonyl (C=O) groups excluding carboxylic acids is 1. The normalized spacial score (nSPS) is 15.7. The van der Waals surface area contributed by atoms with Gasteiger partial charge in [-0.05, 0) is 38.0 Å². The lowest BCUT2D eigenvalue weighted by Gasteiger charge is -2.14. The molecule has 1 fully saturated rings. The minimum atomic E-state index is 0.0115. The van der Waals surface area contributed by atoms with E-state index in [1.54, 1.807) is 11.3 Å². The molecular weight excluding hydrogens is 270 g/mol. The van der Waals surface area contributed by atoms with Gasteiger partial charge in [-0.1, -0.05) is 6.07 Å². The minimum absolute atomic E-state index is 0.0115. The monoisotopic (exact) mass is 287 g/mol. The molecule has 0 radical (unpaired) electrons. The Labute approximate surface area is 122 Å². The Morgan fingerprint density at radius 1 is 1.45 bits per heavy atom. The van der Waals surface area contributed by atoms with Gasteiger partial charge in [-0.3, -0.25) is 4.79 Å². The second kappa shape index (κ2) is 5.63. The SMILES string of the molecule is CC(Nc1cccc(C(=O)NC2CC2)c1)c1cscn1. The Morgan fingerprint density at radius 3 is 3.00 bits per heavy atom. The smallest absolute Gasteiger partial charge is 0.251 e. The van der Waals surface area contributed by atoms with Crippen LogP contribution in [0.25, 0.3) is 0 Å². The third kappa shape index (κ3) is 3.17. The fraction of sp³-hybridized carbons (Fsp3) is 0.333. The van der Waals surface area contributed by atoms with E-state index in [2.05, 4.69) is 22.5 Å². The zero-order chi connectivity index (χ0) is 13.9. The van der Waals surface area contributed by atoms with E-state index < -0.39 is 0 Å². The molecule has 3 rings (SSSR count). The Balaban J connectivity index is 1.68. The molecule has 1 heterocycles. The van der Waals surface area contributed by atoms with Crippen LogP contribution >= 0.6 is 11.3 Å². The molecule has 1 aliphatic rings. The summed E-state index contributed by atoms with van der Waals surface area (Å²) in [5.74, 6) is 0.0115.